The van der Waals surface area contributed by atoms with Crippen LogP contribution in [0.5, 0.6) is 0 Å². The zero-order valence-corrected chi connectivity index (χ0v) is 19.8. The number of carbonyl (C=O) groups is 2. The molecule has 9 heteroatoms. The van der Waals surface area contributed by atoms with E-state index in [2.05, 4.69) is 23.4 Å². The second-order valence-electron chi connectivity index (χ2n) is 6.85. The molecule has 5 nitrogen and oxygen atoms in total. The molecule has 1 unspecified atom stereocenters. The van der Waals surface area contributed by atoms with E-state index in [0.29, 0.717) is 5.69 Å². The third-order valence-corrected chi connectivity index (χ3v) is 5.63. The highest BCUT2D eigenvalue weighted by Gasteiger charge is 2.41. The first-order chi connectivity index (χ1) is 15.3. The lowest BCUT2D eigenvalue weighted by molar-refractivity contribution is -0.122. The molecular weight excluding hydrogens is 489 g/mol. The van der Waals surface area contributed by atoms with Gasteiger partial charge in [-0.2, -0.15) is 0 Å². The fraction of sp³-hybridized carbons (Fsp3) is 0.130. The summed E-state index contributed by atoms with van der Waals surface area (Å²) >= 11 is 22.6. The van der Waals surface area contributed by atoms with Gasteiger partial charge in [0.2, 0.25) is 9.70 Å². The van der Waals surface area contributed by atoms with Crippen molar-refractivity contribution < 1.29 is 9.59 Å². The quantitative estimate of drug-likeness (QED) is 0.217. The molecule has 3 aromatic rings. The van der Waals surface area contributed by atoms with E-state index in [-0.39, 0.29) is 0 Å². The van der Waals surface area contributed by atoms with Gasteiger partial charge in [0.1, 0.15) is 0 Å². The SMILES string of the molecule is O=C(NC(N(S)C(=O)Nc1ccccc1)C(Cl)(Cl)Cl)C(c1ccccc1)c1ccccc1. The summed E-state index contributed by atoms with van der Waals surface area (Å²) in [6.45, 7) is 0. The van der Waals surface area contributed by atoms with Crippen molar-refractivity contribution in [3.05, 3.63) is 102 Å². The van der Waals surface area contributed by atoms with Crippen LogP contribution in [0.4, 0.5) is 10.5 Å². The van der Waals surface area contributed by atoms with E-state index in [1.807, 2.05) is 66.7 Å². The minimum atomic E-state index is -2.05. The monoisotopic (exact) mass is 507 g/mol. The van der Waals surface area contributed by atoms with E-state index in [1.165, 1.54) is 0 Å². The molecule has 0 heterocycles. The summed E-state index contributed by atoms with van der Waals surface area (Å²) in [6.07, 6.45) is -1.36. The van der Waals surface area contributed by atoms with Crippen LogP contribution >= 0.6 is 47.6 Å². The molecule has 1 atom stereocenters. The first-order valence-corrected chi connectivity index (χ1v) is 11.1. The van der Waals surface area contributed by atoms with Gasteiger partial charge in [0.05, 0.1) is 5.92 Å². The lowest BCUT2D eigenvalue weighted by Gasteiger charge is -2.33. The van der Waals surface area contributed by atoms with Crippen LogP contribution in [-0.2, 0) is 4.79 Å². The Morgan fingerprint density at radius 1 is 0.781 bits per heavy atom. The predicted octanol–water partition coefficient (Wildman–Crippen LogP) is 6.01. The third kappa shape index (κ3) is 6.33. The van der Waals surface area contributed by atoms with Gasteiger partial charge < -0.3 is 10.6 Å². The van der Waals surface area contributed by atoms with E-state index >= 15 is 0 Å². The van der Waals surface area contributed by atoms with Crippen molar-refractivity contribution in [1.82, 2.24) is 9.62 Å². The number of alkyl halides is 3. The average Bonchev–Trinajstić information content (AvgIpc) is 2.78. The molecule has 0 aromatic heterocycles. The Morgan fingerprint density at radius 3 is 1.66 bits per heavy atom. The molecule has 2 N–H and O–H groups in total. The Morgan fingerprint density at radius 2 is 1.22 bits per heavy atom. The fourth-order valence-electron chi connectivity index (χ4n) is 3.11. The summed E-state index contributed by atoms with van der Waals surface area (Å²) in [4.78, 5) is 26.1. The molecule has 32 heavy (non-hydrogen) atoms. The third-order valence-electron chi connectivity index (χ3n) is 4.59. The van der Waals surface area contributed by atoms with Crippen molar-refractivity contribution in [2.45, 2.75) is 15.9 Å². The number of halogens is 3. The maximum atomic E-state index is 13.4. The average molecular weight is 509 g/mol. The highest BCUT2D eigenvalue weighted by atomic mass is 35.6. The molecule has 0 bridgehead atoms. The molecule has 3 amide bonds. The summed E-state index contributed by atoms with van der Waals surface area (Å²) in [6, 6.07) is 26.5. The van der Waals surface area contributed by atoms with Crippen LogP contribution < -0.4 is 10.6 Å². The number of urea groups is 1. The molecule has 0 aliphatic rings. The van der Waals surface area contributed by atoms with Crippen LogP contribution in [0, 0.1) is 0 Å². The summed E-state index contributed by atoms with van der Waals surface area (Å²) < 4.78 is -1.20. The Kier molecular flexibility index (Phi) is 8.32. The van der Waals surface area contributed by atoms with E-state index < -0.39 is 27.8 Å². The number of nitrogens with one attached hydrogen (secondary N) is 2. The molecule has 0 spiro atoms. The van der Waals surface area contributed by atoms with Gasteiger partial charge in [-0.05, 0) is 23.3 Å². The molecule has 0 fully saturated rings. The maximum Gasteiger partial charge on any atom is 0.333 e. The zero-order valence-electron chi connectivity index (χ0n) is 16.7. The first-order valence-electron chi connectivity index (χ1n) is 9.58. The summed E-state index contributed by atoms with van der Waals surface area (Å²) in [5.74, 6) is -1.14. The molecule has 166 valence electrons. The first kappa shape index (κ1) is 24.3. The Hall–Kier alpha value is -2.38. The summed E-state index contributed by atoms with van der Waals surface area (Å²) in [5, 5.41) is 5.32. The molecule has 3 rings (SSSR count). The normalized spacial score (nSPS) is 12.2. The topological polar surface area (TPSA) is 61.4 Å². The van der Waals surface area contributed by atoms with Gasteiger partial charge in [-0.15, -0.1) is 0 Å². The van der Waals surface area contributed by atoms with Crippen LogP contribution in [0.1, 0.15) is 17.0 Å². The van der Waals surface area contributed by atoms with Gasteiger partial charge in [0.25, 0.3) is 0 Å². The number of benzene rings is 3. The highest BCUT2D eigenvalue weighted by Crippen LogP contribution is 2.34. The Balaban J connectivity index is 1.86. The van der Waals surface area contributed by atoms with Crippen molar-refractivity contribution in [3.8, 4) is 0 Å². The van der Waals surface area contributed by atoms with Crippen LogP contribution in [0.3, 0.4) is 0 Å². The van der Waals surface area contributed by atoms with Gasteiger partial charge in [0, 0.05) is 5.69 Å². The number of rotatable bonds is 6. The second-order valence-corrected chi connectivity index (χ2v) is 9.65. The van der Waals surface area contributed by atoms with Gasteiger partial charge in [0.15, 0.2) is 6.17 Å². The van der Waals surface area contributed by atoms with Crippen LogP contribution in [0.25, 0.3) is 0 Å². The minimum absolute atomic E-state index is 0.453. The molecular formula is C23H20Cl3N3O2S. The number of para-hydroxylation sites is 1. The summed E-state index contributed by atoms with van der Waals surface area (Å²) in [7, 11) is 0. The van der Waals surface area contributed by atoms with E-state index in [9.17, 15) is 9.59 Å². The Labute approximate surface area is 207 Å². The minimum Gasteiger partial charge on any atom is -0.331 e. The van der Waals surface area contributed by atoms with Crippen LogP contribution in [0.15, 0.2) is 91.0 Å². The van der Waals surface area contributed by atoms with E-state index in [1.54, 1.807) is 24.3 Å². The van der Waals surface area contributed by atoms with Crippen molar-refractivity contribution in [2.75, 3.05) is 5.32 Å². The largest absolute Gasteiger partial charge is 0.333 e. The number of carbonyl (C=O) groups excluding carboxylic acids is 2. The van der Waals surface area contributed by atoms with Gasteiger partial charge >= 0.3 is 6.03 Å². The summed E-state index contributed by atoms with van der Waals surface area (Å²) in [5.41, 5.74) is 2.02. The van der Waals surface area contributed by atoms with Gasteiger partial charge in [-0.1, -0.05) is 126 Å². The lowest BCUT2D eigenvalue weighted by atomic mass is 9.90. The van der Waals surface area contributed by atoms with Crippen molar-refractivity contribution >= 4 is 65.2 Å². The number of amides is 3. The zero-order chi connectivity index (χ0) is 23.1. The van der Waals surface area contributed by atoms with Crippen molar-refractivity contribution in [3.63, 3.8) is 0 Å². The Bertz CT molecular complexity index is 995. The van der Waals surface area contributed by atoms with Crippen molar-refractivity contribution in [2.24, 2.45) is 0 Å². The lowest BCUT2D eigenvalue weighted by Crippen LogP contribution is -2.55. The highest BCUT2D eigenvalue weighted by molar-refractivity contribution is 7.78. The molecule has 0 aliphatic carbocycles. The van der Waals surface area contributed by atoms with Gasteiger partial charge in [-0.25, -0.2) is 9.10 Å². The fourth-order valence-corrected chi connectivity index (χ4v) is 4.05. The molecule has 0 saturated carbocycles. The van der Waals surface area contributed by atoms with Gasteiger partial charge in [-0.3, -0.25) is 4.79 Å². The van der Waals surface area contributed by atoms with Crippen LogP contribution in [-0.4, -0.2) is 26.2 Å². The number of anilines is 1. The number of hydrogen-bond donors (Lipinski definition) is 3. The van der Waals surface area contributed by atoms with Crippen LogP contribution in [0.2, 0.25) is 0 Å². The number of nitrogens with zero attached hydrogens (tertiary/aromatic N) is 1. The molecule has 3 aromatic carbocycles. The number of thiol groups is 1. The standard InChI is InChI=1S/C23H20Cl3N3O2S/c24-23(25,26)21(29(32)22(31)27-18-14-8-3-9-15-18)28-20(30)19(16-10-4-1-5-11-16)17-12-6-2-7-13-17/h1-15,19,21,32H,(H,27,31)(H,28,30). The second kappa shape index (κ2) is 11.0. The molecule has 0 aliphatic heterocycles. The molecule has 0 radical (unpaired) electrons. The molecule has 0 saturated heterocycles. The maximum absolute atomic E-state index is 13.4. The predicted molar refractivity (Wildman–Crippen MR) is 133 cm³/mol. The van der Waals surface area contributed by atoms with E-state index in [0.717, 1.165) is 15.4 Å². The number of hydrogen-bond acceptors (Lipinski definition) is 3. The van der Waals surface area contributed by atoms with E-state index in [4.69, 9.17) is 34.8 Å². The van der Waals surface area contributed by atoms with Crippen molar-refractivity contribution in [1.29, 1.82) is 0 Å². The smallest absolute Gasteiger partial charge is 0.331 e.